The molecule has 2 heterocycles. The maximum Gasteiger partial charge on any atom is 0.144 e. The van der Waals surface area contributed by atoms with Crippen molar-refractivity contribution in [2.75, 3.05) is 0 Å². The largest absolute Gasteiger partial charge is 0.591 e. The fraction of sp³-hybridized carbons (Fsp3) is 0.357. The Bertz CT molecular complexity index is 600. The van der Waals surface area contributed by atoms with Crippen LogP contribution in [-0.4, -0.2) is 25.5 Å². The smallest absolute Gasteiger partial charge is 0.144 e. The lowest BCUT2D eigenvalue weighted by Gasteiger charge is -2.17. The number of hydrogen-bond donors (Lipinski definition) is 0. The van der Waals surface area contributed by atoms with Crippen molar-refractivity contribution in [1.82, 2.24) is 9.97 Å². The highest BCUT2D eigenvalue weighted by Gasteiger charge is 2.25. The molecule has 0 aliphatic carbocycles. The topological polar surface area (TPSA) is 61.2 Å². The van der Waals surface area contributed by atoms with E-state index in [1.54, 1.807) is 12.4 Å². The molecule has 106 valence electrons. The van der Waals surface area contributed by atoms with Gasteiger partial charge in [0, 0.05) is 23.7 Å². The molecule has 6 heteroatoms. The molecule has 0 aliphatic rings. The van der Waals surface area contributed by atoms with Crippen molar-refractivity contribution < 1.29 is 4.55 Å². The van der Waals surface area contributed by atoms with E-state index < -0.39 is 11.4 Å². The van der Waals surface area contributed by atoms with Crippen molar-refractivity contribution in [1.29, 1.82) is 0 Å². The van der Waals surface area contributed by atoms with Crippen LogP contribution in [-0.2, 0) is 11.4 Å². The Kier molecular flexibility index (Phi) is 4.57. The minimum absolute atomic E-state index is 0.342. The Morgan fingerprint density at radius 1 is 1.25 bits per heavy atom. The van der Waals surface area contributed by atoms with Crippen molar-refractivity contribution in [2.45, 2.75) is 32.4 Å². The number of hydrogen-bond acceptors (Lipinski definition) is 5. The van der Waals surface area contributed by atoms with Gasteiger partial charge in [0.05, 0.1) is 11.1 Å². The highest BCUT2D eigenvalue weighted by Crippen LogP contribution is 2.24. The average Bonchev–Trinajstić information content (AvgIpc) is 2.84. The molecule has 0 N–H and O–H groups in total. The van der Waals surface area contributed by atoms with Crippen LogP contribution in [0.3, 0.4) is 0 Å². The molecule has 0 amide bonds. The summed E-state index contributed by atoms with van der Waals surface area (Å²) in [7, 11) is 0. The number of rotatable bonds is 3. The Morgan fingerprint density at radius 2 is 2.00 bits per heavy atom. The molecule has 2 rings (SSSR count). The highest BCUT2D eigenvalue weighted by molar-refractivity contribution is 7.91. The van der Waals surface area contributed by atoms with Crippen LogP contribution in [0, 0.1) is 6.92 Å². The second-order valence-corrected chi connectivity index (χ2v) is 8.35. The lowest BCUT2D eigenvalue weighted by molar-refractivity contribution is 0.562. The third kappa shape index (κ3) is 3.88. The second-order valence-electron chi connectivity index (χ2n) is 5.35. The quantitative estimate of drug-likeness (QED) is 0.645. The van der Waals surface area contributed by atoms with Gasteiger partial charge in [0.2, 0.25) is 0 Å². The third-order valence-electron chi connectivity index (χ3n) is 2.48. The molecule has 20 heavy (non-hydrogen) atoms. The lowest BCUT2D eigenvalue weighted by Crippen LogP contribution is -2.25. The monoisotopic (exact) mass is 307 g/mol. The summed E-state index contributed by atoms with van der Waals surface area (Å²) in [5.41, 5.74) is 1.96. The molecular formula is C14H17N3OS2. The number of pyridine rings is 1. The summed E-state index contributed by atoms with van der Waals surface area (Å²) in [6.07, 6.45) is 5.18. The summed E-state index contributed by atoms with van der Waals surface area (Å²) in [6, 6.07) is 3.95. The van der Waals surface area contributed by atoms with Crippen LogP contribution < -0.4 is 0 Å². The van der Waals surface area contributed by atoms with Gasteiger partial charge in [0.25, 0.3) is 0 Å². The summed E-state index contributed by atoms with van der Waals surface area (Å²) in [4.78, 5) is 9.49. The zero-order chi connectivity index (χ0) is 14.8. The first-order valence-electron chi connectivity index (χ1n) is 6.21. The first-order chi connectivity index (χ1) is 9.36. The Labute approximate surface area is 126 Å². The predicted octanol–water partition coefficient (Wildman–Crippen LogP) is 3.39. The summed E-state index contributed by atoms with van der Waals surface area (Å²) in [5.74, 6) is 0. The summed E-state index contributed by atoms with van der Waals surface area (Å²) in [5, 5.41) is 0.889. The van der Waals surface area contributed by atoms with Crippen LogP contribution in [0.5, 0.6) is 0 Å². The van der Waals surface area contributed by atoms with E-state index in [4.69, 9.17) is 0 Å². The fourth-order valence-electron chi connectivity index (χ4n) is 1.33. The average molecular weight is 307 g/mol. The van der Waals surface area contributed by atoms with Gasteiger partial charge >= 0.3 is 0 Å². The Balaban J connectivity index is 2.13. The van der Waals surface area contributed by atoms with Crippen molar-refractivity contribution in [2.24, 2.45) is 4.40 Å². The van der Waals surface area contributed by atoms with Gasteiger partial charge < -0.3 is 4.55 Å². The van der Waals surface area contributed by atoms with E-state index in [0.717, 1.165) is 21.1 Å². The zero-order valence-corrected chi connectivity index (χ0v) is 13.6. The first-order valence-corrected chi connectivity index (χ1v) is 8.13. The van der Waals surface area contributed by atoms with Crippen LogP contribution in [0.4, 0.5) is 0 Å². The molecular weight excluding hydrogens is 290 g/mol. The molecule has 0 fully saturated rings. The predicted molar refractivity (Wildman–Crippen MR) is 85.6 cm³/mol. The Hall–Kier alpha value is -1.24. The highest BCUT2D eigenvalue weighted by atomic mass is 32.2. The van der Waals surface area contributed by atoms with E-state index in [1.165, 1.54) is 11.3 Å². The fourth-order valence-corrected chi connectivity index (χ4v) is 2.70. The molecule has 0 spiro atoms. The molecule has 0 aromatic carbocycles. The molecule has 0 radical (unpaired) electrons. The van der Waals surface area contributed by atoms with Gasteiger partial charge in [0.1, 0.15) is 21.1 Å². The molecule has 2 aromatic heterocycles. The minimum atomic E-state index is -1.24. The van der Waals surface area contributed by atoms with Crippen LogP contribution in [0.2, 0.25) is 0 Å². The van der Waals surface area contributed by atoms with Crippen molar-refractivity contribution in [3.05, 3.63) is 35.1 Å². The maximum absolute atomic E-state index is 11.8. The normalized spacial score (nSPS) is 13.8. The van der Waals surface area contributed by atoms with E-state index >= 15 is 0 Å². The third-order valence-corrected chi connectivity index (χ3v) is 4.81. The van der Waals surface area contributed by atoms with E-state index in [1.807, 2.05) is 46.0 Å². The van der Waals surface area contributed by atoms with E-state index in [-0.39, 0.29) is 4.75 Å². The summed E-state index contributed by atoms with van der Waals surface area (Å²) < 4.78 is 15.6. The van der Waals surface area contributed by atoms with Gasteiger partial charge in [-0.15, -0.1) is 11.3 Å². The van der Waals surface area contributed by atoms with Gasteiger partial charge in [0.15, 0.2) is 0 Å². The molecule has 1 atom stereocenters. The number of aromatic nitrogens is 2. The van der Waals surface area contributed by atoms with E-state index in [2.05, 4.69) is 14.4 Å². The minimum Gasteiger partial charge on any atom is -0.591 e. The van der Waals surface area contributed by atoms with E-state index in [0.29, 0.717) is 0 Å². The summed E-state index contributed by atoms with van der Waals surface area (Å²) in [6.45, 7) is 7.65. The van der Waals surface area contributed by atoms with Gasteiger partial charge in [-0.25, -0.2) is 4.98 Å². The second kappa shape index (κ2) is 6.03. The molecule has 0 unspecified atom stereocenters. The first kappa shape index (κ1) is 15.2. The van der Waals surface area contributed by atoms with Gasteiger partial charge in [-0.2, -0.15) is 0 Å². The standard InChI is InChI=1S/C14H17N3OS2/c1-10-5-6-11(7-15-10)13-16-8-12(19-13)9-17-20(18)14(2,3)4/h5-9H,1-4H3/b17-9+/t20-/m1/s1. The molecule has 0 saturated carbocycles. The number of aryl methyl sites for hydroxylation is 1. The lowest BCUT2D eigenvalue weighted by atomic mass is 10.3. The van der Waals surface area contributed by atoms with Crippen molar-refractivity contribution in [3.63, 3.8) is 0 Å². The van der Waals surface area contributed by atoms with Gasteiger partial charge in [-0.3, -0.25) is 4.98 Å². The van der Waals surface area contributed by atoms with Crippen LogP contribution >= 0.6 is 11.3 Å². The molecule has 2 aromatic rings. The van der Waals surface area contributed by atoms with Crippen LogP contribution in [0.1, 0.15) is 31.3 Å². The Morgan fingerprint density at radius 3 is 2.60 bits per heavy atom. The molecule has 0 bridgehead atoms. The van der Waals surface area contributed by atoms with E-state index in [9.17, 15) is 4.55 Å². The van der Waals surface area contributed by atoms with Crippen molar-refractivity contribution >= 4 is 28.9 Å². The van der Waals surface area contributed by atoms with Crippen molar-refractivity contribution in [3.8, 4) is 10.6 Å². The molecule has 0 saturated heterocycles. The zero-order valence-electron chi connectivity index (χ0n) is 12.0. The molecule has 4 nitrogen and oxygen atoms in total. The van der Waals surface area contributed by atoms with Gasteiger partial charge in [-0.1, -0.05) is 4.40 Å². The van der Waals surface area contributed by atoms with Crippen LogP contribution in [0.25, 0.3) is 10.6 Å². The summed E-state index contributed by atoms with van der Waals surface area (Å²) >= 11 is 0.269. The maximum atomic E-state index is 11.8. The number of nitrogens with zero attached hydrogens (tertiary/aromatic N) is 3. The number of thiazole rings is 1. The molecule has 0 aliphatic heterocycles. The SMILES string of the molecule is Cc1ccc(-c2ncc(/C=N/[S@+]([O-])C(C)(C)C)s2)cn1. The van der Waals surface area contributed by atoms with Gasteiger partial charge in [-0.05, 0) is 39.8 Å². The van der Waals surface area contributed by atoms with Crippen LogP contribution in [0.15, 0.2) is 28.9 Å².